The molecule has 29 heavy (non-hydrogen) atoms. The first kappa shape index (κ1) is 19.2. The van der Waals surface area contributed by atoms with E-state index in [9.17, 15) is 4.79 Å². The summed E-state index contributed by atoms with van der Waals surface area (Å²) in [6, 6.07) is 22.7. The minimum Gasteiger partial charge on any atom is -0.369 e. The third-order valence-electron chi connectivity index (χ3n) is 5.53. The minimum absolute atomic E-state index is 0.0777. The SMILES string of the molecule is CN1CCN(c2ccccc2CNC(=O)/C=C/c2cccc3ccccc23)CC1. The van der Waals surface area contributed by atoms with Gasteiger partial charge in [0.25, 0.3) is 0 Å². The minimum atomic E-state index is -0.0777. The fourth-order valence-corrected chi connectivity index (χ4v) is 3.82. The van der Waals surface area contributed by atoms with Crippen molar-refractivity contribution in [3.8, 4) is 0 Å². The number of likely N-dealkylation sites (N-methyl/N-ethyl adjacent to an activating group) is 1. The number of benzene rings is 3. The molecule has 0 bridgehead atoms. The number of carbonyl (C=O) groups excluding carboxylic acids is 1. The zero-order chi connectivity index (χ0) is 20.1. The van der Waals surface area contributed by atoms with E-state index in [1.165, 1.54) is 11.1 Å². The molecule has 0 spiro atoms. The van der Waals surface area contributed by atoms with E-state index in [2.05, 4.69) is 58.6 Å². The first-order valence-corrected chi connectivity index (χ1v) is 10.2. The number of nitrogens with one attached hydrogen (secondary N) is 1. The van der Waals surface area contributed by atoms with Crippen LogP contribution in [0.2, 0.25) is 0 Å². The summed E-state index contributed by atoms with van der Waals surface area (Å²) in [5, 5.41) is 5.37. The van der Waals surface area contributed by atoms with Crippen molar-refractivity contribution in [3.05, 3.63) is 83.9 Å². The number of fused-ring (bicyclic) bond motifs is 1. The maximum Gasteiger partial charge on any atom is 0.244 e. The Morgan fingerprint density at radius 1 is 0.931 bits per heavy atom. The second-order valence-electron chi connectivity index (χ2n) is 7.54. The van der Waals surface area contributed by atoms with Gasteiger partial charge in [0, 0.05) is 44.5 Å². The predicted molar refractivity (Wildman–Crippen MR) is 121 cm³/mol. The number of nitrogens with zero attached hydrogens (tertiary/aromatic N) is 2. The van der Waals surface area contributed by atoms with Gasteiger partial charge in [0.1, 0.15) is 0 Å². The molecule has 4 nitrogen and oxygen atoms in total. The fourth-order valence-electron chi connectivity index (χ4n) is 3.82. The lowest BCUT2D eigenvalue weighted by Gasteiger charge is -2.35. The van der Waals surface area contributed by atoms with Gasteiger partial charge in [0.05, 0.1) is 0 Å². The summed E-state index contributed by atoms with van der Waals surface area (Å²) in [5.74, 6) is -0.0777. The highest BCUT2D eigenvalue weighted by Gasteiger charge is 2.16. The van der Waals surface area contributed by atoms with Gasteiger partial charge in [-0.25, -0.2) is 0 Å². The summed E-state index contributed by atoms with van der Waals surface area (Å²) in [7, 11) is 2.16. The monoisotopic (exact) mass is 385 g/mol. The van der Waals surface area contributed by atoms with E-state index in [0.29, 0.717) is 6.54 Å². The maximum absolute atomic E-state index is 12.4. The van der Waals surface area contributed by atoms with Crippen molar-refractivity contribution in [3.63, 3.8) is 0 Å². The van der Waals surface area contributed by atoms with Crippen molar-refractivity contribution < 1.29 is 4.79 Å². The zero-order valence-corrected chi connectivity index (χ0v) is 16.8. The van der Waals surface area contributed by atoms with E-state index < -0.39 is 0 Å². The highest BCUT2D eigenvalue weighted by molar-refractivity contribution is 5.96. The smallest absolute Gasteiger partial charge is 0.244 e. The summed E-state index contributed by atoms with van der Waals surface area (Å²) < 4.78 is 0. The molecule has 1 amide bonds. The van der Waals surface area contributed by atoms with Crippen LogP contribution in [-0.2, 0) is 11.3 Å². The molecule has 1 fully saturated rings. The molecule has 1 aliphatic heterocycles. The quantitative estimate of drug-likeness (QED) is 0.676. The lowest BCUT2D eigenvalue weighted by molar-refractivity contribution is -0.116. The molecule has 0 aliphatic carbocycles. The molecule has 0 atom stereocenters. The van der Waals surface area contributed by atoms with E-state index in [1.807, 2.05) is 36.4 Å². The second kappa shape index (κ2) is 8.93. The fraction of sp³-hybridized carbons (Fsp3) is 0.240. The van der Waals surface area contributed by atoms with Crippen LogP contribution >= 0.6 is 0 Å². The molecule has 0 saturated carbocycles. The largest absolute Gasteiger partial charge is 0.369 e. The number of rotatable bonds is 5. The van der Waals surface area contributed by atoms with Gasteiger partial charge in [-0.2, -0.15) is 0 Å². The van der Waals surface area contributed by atoms with E-state index in [4.69, 9.17) is 0 Å². The Bertz CT molecular complexity index is 1010. The van der Waals surface area contributed by atoms with Crippen LogP contribution in [0.15, 0.2) is 72.8 Å². The number of carbonyl (C=O) groups is 1. The maximum atomic E-state index is 12.4. The molecular weight excluding hydrogens is 358 g/mol. The Hall–Kier alpha value is -3.11. The number of amides is 1. The van der Waals surface area contributed by atoms with Crippen LogP contribution in [0.4, 0.5) is 5.69 Å². The second-order valence-corrected chi connectivity index (χ2v) is 7.54. The van der Waals surface area contributed by atoms with Crippen LogP contribution in [0.1, 0.15) is 11.1 Å². The summed E-state index contributed by atoms with van der Waals surface area (Å²) in [6.07, 6.45) is 3.52. The molecule has 3 aromatic rings. The number of hydrogen-bond donors (Lipinski definition) is 1. The molecule has 0 radical (unpaired) electrons. The zero-order valence-electron chi connectivity index (χ0n) is 16.8. The van der Waals surface area contributed by atoms with E-state index in [-0.39, 0.29) is 5.91 Å². The third kappa shape index (κ3) is 4.66. The van der Waals surface area contributed by atoms with Crippen molar-refractivity contribution in [1.82, 2.24) is 10.2 Å². The van der Waals surface area contributed by atoms with Gasteiger partial charge in [-0.05, 0) is 41.1 Å². The molecule has 148 valence electrons. The van der Waals surface area contributed by atoms with Gasteiger partial charge < -0.3 is 15.1 Å². The predicted octanol–water partition coefficient (Wildman–Crippen LogP) is 3.92. The van der Waals surface area contributed by atoms with Crippen molar-refractivity contribution in [2.45, 2.75) is 6.54 Å². The van der Waals surface area contributed by atoms with Crippen molar-refractivity contribution in [1.29, 1.82) is 0 Å². The molecule has 1 saturated heterocycles. The van der Waals surface area contributed by atoms with Crippen molar-refractivity contribution in [2.24, 2.45) is 0 Å². The Morgan fingerprint density at radius 2 is 1.66 bits per heavy atom. The number of hydrogen-bond acceptors (Lipinski definition) is 3. The van der Waals surface area contributed by atoms with E-state index in [1.54, 1.807) is 6.08 Å². The average molecular weight is 386 g/mol. The van der Waals surface area contributed by atoms with Gasteiger partial charge in [0.15, 0.2) is 0 Å². The van der Waals surface area contributed by atoms with Crippen LogP contribution < -0.4 is 10.2 Å². The third-order valence-corrected chi connectivity index (χ3v) is 5.53. The lowest BCUT2D eigenvalue weighted by Crippen LogP contribution is -2.45. The summed E-state index contributed by atoms with van der Waals surface area (Å²) in [4.78, 5) is 17.2. The van der Waals surface area contributed by atoms with Crippen molar-refractivity contribution >= 4 is 28.4 Å². The highest BCUT2D eigenvalue weighted by atomic mass is 16.1. The standard InChI is InChI=1S/C25H27N3O/c1-27-15-17-28(18-16-27)24-12-5-3-8-22(24)19-26-25(29)14-13-21-10-6-9-20-7-2-4-11-23(20)21/h2-14H,15-19H2,1H3,(H,26,29)/b14-13+. The van der Waals surface area contributed by atoms with Crippen molar-refractivity contribution in [2.75, 3.05) is 38.1 Å². The Balaban J connectivity index is 1.42. The van der Waals surface area contributed by atoms with Crippen LogP contribution in [0, 0.1) is 0 Å². The molecular formula is C25H27N3O. The molecule has 1 aliphatic rings. The van der Waals surface area contributed by atoms with Gasteiger partial charge in [-0.3, -0.25) is 4.79 Å². The normalized spacial score (nSPS) is 15.1. The Morgan fingerprint density at radius 3 is 2.52 bits per heavy atom. The average Bonchev–Trinajstić information content (AvgIpc) is 2.77. The molecule has 0 aromatic heterocycles. The summed E-state index contributed by atoms with van der Waals surface area (Å²) in [5.41, 5.74) is 3.43. The number of piperazine rings is 1. The molecule has 4 heteroatoms. The van der Waals surface area contributed by atoms with Gasteiger partial charge in [0.2, 0.25) is 5.91 Å². The summed E-state index contributed by atoms with van der Waals surface area (Å²) >= 11 is 0. The lowest BCUT2D eigenvalue weighted by atomic mass is 10.0. The van der Waals surface area contributed by atoms with Crippen LogP contribution in [0.25, 0.3) is 16.8 Å². The molecule has 4 rings (SSSR count). The van der Waals surface area contributed by atoms with E-state index in [0.717, 1.165) is 42.7 Å². The molecule has 0 unspecified atom stereocenters. The number of para-hydroxylation sites is 1. The van der Waals surface area contributed by atoms with Gasteiger partial charge in [-0.1, -0.05) is 60.7 Å². The molecule has 1 N–H and O–H groups in total. The first-order chi connectivity index (χ1) is 14.2. The first-order valence-electron chi connectivity index (χ1n) is 10.2. The highest BCUT2D eigenvalue weighted by Crippen LogP contribution is 2.22. The van der Waals surface area contributed by atoms with Crippen LogP contribution in [0.5, 0.6) is 0 Å². The van der Waals surface area contributed by atoms with Crippen LogP contribution in [-0.4, -0.2) is 44.0 Å². The Kier molecular flexibility index (Phi) is 5.92. The molecule has 3 aromatic carbocycles. The van der Waals surface area contributed by atoms with E-state index >= 15 is 0 Å². The van der Waals surface area contributed by atoms with Gasteiger partial charge in [-0.15, -0.1) is 0 Å². The molecule has 1 heterocycles. The Labute approximate surface area is 172 Å². The number of anilines is 1. The summed E-state index contributed by atoms with van der Waals surface area (Å²) in [6.45, 7) is 4.69. The van der Waals surface area contributed by atoms with Gasteiger partial charge >= 0.3 is 0 Å². The topological polar surface area (TPSA) is 35.6 Å². The van der Waals surface area contributed by atoms with Crippen LogP contribution in [0.3, 0.4) is 0 Å².